The summed E-state index contributed by atoms with van der Waals surface area (Å²) in [6, 6.07) is 30.1. The summed E-state index contributed by atoms with van der Waals surface area (Å²) in [7, 11) is 0. The summed E-state index contributed by atoms with van der Waals surface area (Å²) < 4.78 is 6.32. The van der Waals surface area contributed by atoms with Gasteiger partial charge in [0, 0.05) is 16.8 Å². The molecule has 2 aromatic carbocycles. The number of rotatable bonds is 5. The highest BCUT2D eigenvalue weighted by molar-refractivity contribution is 7.99. The fraction of sp³-hybridized carbons (Fsp3) is 0.0833. The molecule has 0 saturated carbocycles. The fourth-order valence-corrected chi connectivity index (χ4v) is 4.81. The molecule has 1 N–H and O–H groups in total. The number of hydrogen-bond acceptors (Lipinski definition) is 4. The highest BCUT2D eigenvalue weighted by Crippen LogP contribution is 2.43. The van der Waals surface area contributed by atoms with E-state index in [-0.39, 0.29) is 12.1 Å². The average molecular weight is 430 g/mol. The molecule has 2 atom stereocenters. The smallest absolute Gasteiger partial charge is 0.174 e. The zero-order valence-corrected chi connectivity index (χ0v) is 17.6. The molecule has 0 unspecified atom stereocenters. The van der Waals surface area contributed by atoms with E-state index in [1.165, 1.54) is 0 Å². The minimum Gasteiger partial charge on any atom is -0.452 e. The molecule has 148 valence electrons. The predicted molar refractivity (Wildman–Crippen MR) is 124 cm³/mol. The van der Waals surface area contributed by atoms with Gasteiger partial charge in [0.2, 0.25) is 0 Å². The number of para-hydroxylation sites is 1. The second-order valence-electron chi connectivity index (χ2n) is 6.90. The number of nitrogens with one attached hydrogen (secondary N) is 1. The molecule has 1 aliphatic rings. The largest absolute Gasteiger partial charge is 0.452 e. The van der Waals surface area contributed by atoms with E-state index in [9.17, 15) is 0 Å². The SMILES string of the molecule is S=C1N[C@H](c2ccccn2)[C@@H](c2ccc(Sc3ccccc3)o2)N1c1ccccc1. The van der Waals surface area contributed by atoms with E-state index >= 15 is 0 Å². The molecule has 0 amide bonds. The van der Waals surface area contributed by atoms with E-state index in [1.807, 2.05) is 66.7 Å². The number of nitrogens with zero attached hydrogens (tertiary/aromatic N) is 2. The van der Waals surface area contributed by atoms with Gasteiger partial charge in [-0.2, -0.15) is 0 Å². The Kier molecular flexibility index (Phi) is 5.26. The van der Waals surface area contributed by atoms with Crippen molar-refractivity contribution in [2.24, 2.45) is 0 Å². The van der Waals surface area contributed by atoms with Crippen molar-refractivity contribution >= 4 is 34.8 Å². The van der Waals surface area contributed by atoms with E-state index in [0.717, 1.165) is 27.1 Å². The highest BCUT2D eigenvalue weighted by atomic mass is 32.2. The molecule has 4 aromatic rings. The summed E-state index contributed by atoms with van der Waals surface area (Å²) in [6.07, 6.45) is 1.81. The molecule has 0 spiro atoms. The molecule has 1 aliphatic heterocycles. The van der Waals surface area contributed by atoms with Gasteiger partial charge in [0.25, 0.3) is 0 Å². The number of pyridine rings is 1. The Morgan fingerprint density at radius 1 is 0.867 bits per heavy atom. The van der Waals surface area contributed by atoms with Gasteiger partial charge in [0.1, 0.15) is 11.8 Å². The predicted octanol–water partition coefficient (Wildman–Crippen LogP) is 6.00. The van der Waals surface area contributed by atoms with E-state index in [1.54, 1.807) is 18.0 Å². The summed E-state index contributed by atoms with van der Waals surface area (Å²) in [5, 5.41) is 4.97. The number of aromatic nitrogens is 1. The van der Waals surface area contributed by atoms with Gasteiger partial charge in [-0.1, -0.05) is 54.2 Å². The van der Waals surface area contributed by atoms with Crippen LogP contribution in [0.3, 0.4) is 0 Å². The zero-order valence-electron chi connectivity index (χ0n) is 16.0. The first kappa shape index (κ1) is 18.9. The van der Waals surface area contributed by atoms with Gasteiger partial charge in [-0.25, -0.2) is 0 Å². The maximum atomic E-state index is 6.32. The highest BCUT2D eigenvalue weighted by Gasteiger charge is 2.42. The standard InChI is InChI=1S/C24H19N3OS2/c29-24-26-22(19-13-7-8-16-25-19)23(27(24)17-9-3-1-4-10-17)20-14-15-21(28-20)30-18-11-5-2-6-12-18/h1-16,22-23H,(H,26,29)/t22-,23-/m1/s1. The molecule has 5 rings (SSSR count). The van der Waals surface area contributed by atoms with Gasteiger partial charge < -0.3 is 14.6 Å². The molecule has 0 radical (unpaired) electrons. The van der Waals surface area contributed by atoms with Crippen LogP contribution in [0.15, 0.2) is 112 Å². The fourth-order valence-electron chi connectivity index (χ4n) is 3.66. The monoisotopic (exact) mass is 429 g/mol. The summed E-state index contributed by atoms with van der Waals surface area (Å²) in [6.45, 7) is 0. The molecule has 4 nitrogen and oxygen atoms in total. The Labute approximate surface area is 184 Å². The summed E-state index contributed by atoms with van der Waals surface area (Å²) in [5.41, 5.74) is 1.95. The number of furan rings is 1. The third-order valence-corrected chi connectivity index (χ3v) is 6.23. The molecule has 30 heavy (non-hydrogen) atoms. The van der Waals surface area contributed by atoms with Crippen molar-refractivity contribution in [1.29, 1.82) is 0 Å². The number of benzene rings is 2. The van der Waals surface area contributed by atoms with Crippen LogP contribution in [0, 0.1) is 0 Å². The first-order valence-electron chi connectivity index (χ1n) is 9.68. The van der Waals surface area contributed by atoms with Gasteiger partial charge in [0.05, 0.1) is 11.7 Å². The molecule has 0 bridgehead atoms. The number of anilines is 1. The first-order valence-corrected chi connectivity index (χ1v) is 10.9. The van der Waals surface area contributed by atoms with Crippen LogP contribution in [0.2, 0.25) is 0 Å². The van der Waals surface area contributed by atoms with Crippen molar-refractivity contribution in [3.63, 3.8) is 0 Å². The minimum absolute atomic E-state index is 0.111. The van der Waals surface area contributed by atoms with Gasteiger partial charge in [-0.3, -0.25) is 4.98 Å². The Morgan fingerprint density at radius 3 is 2.33 bits per heavy atom. The van der Waals surface area contributed by atoms with Gasteiger partial charge >= 0.3 is 0 Å². The molecule has 3 heterocycles. The molecular formula is C24H19N3OS2. The molecular weight excluding hydrogens is 410 g/mol. The lowest BCUT2D eigenvalue weighted by Crippen LogP contribution is -2.29. The summed E-state index contributed by atoms with van der Waals surface area (Å²) >= 11 is 7.34. The molecule has 1 saturated heterocycles. The Balaban J connectivity index is 1.53. The molecule has 0 aliphatic carbocycles. The summed E-state index contributed by atoms with van der Waals surface area (Å²) in [5.74, 6) is 0.847. The lowest BCUT2D eigenvalue weighted by atomic mass is 10.0. The van der Waals surface area contributed by atoms with E-state index < -0.39 is 0 Å². The van der Waals surface area contributed by atoms with Crippen LogP contribution in [-0.2, 0) is 0 Å². The van der Waals surface area contributed by atoms with Crippen molar-refractivity contribution in [3.8, 4) is 0 Å². The second kappa shape index (κ2) is 8.34. The third kappa shape index (κ3) is 3.72. The van der Waals surface area contributed by atoms with Crippen LogP contribution in [0.25, 0.3) is 0 Å². The van der Waals surface area contributed by atoms with E-state index in [0.29, 0.717) is 5.11 Å². The third-order valence-electron chi connectivity index (χ3n) is 4.99. The van der Waals surface area contributed by atoms with Gasteiger partial charge in [-0.05, 0) is 60.7 Å². The Morgan fingerprint density at radius 2 is 1.60 bits per heavy atom. The van der Waals surface area contributed by atoms with Crippen LogP contribution in [0.4, 0.5) is 5.69 Å². The maximum absolute atomic E-state index is 6.32. The quantitative estimate of drug-likeness (QED) is 0.392. The Bertz CT molecular complexity index is 1130. The summed E-state index contributed by atoms with van der Waals surface area (Å²) in [4.78, 5) is 7.83. The van der Waals surface area contributed by atoms with Crippen molar-refractivity contribution in [2.75, 3.05) is 4.90 Å². The van der Waals surface area contributed by atoms with Crippen molar-refractivity contribution < 1.29 is 4.42 Å². The normalized spacial score (nSPS) is 18.4. The van der Waals surface area contributed by atoms with E-state index in [4.69, 9.17) is 16.6 Å². The molecule has 6 heteroatoms. The van der Waals surface area contributed by atoms with Crippen LogP contribution < -0.4 is 10.2 Å². The van der Waals surface area contributed by atoms with Crippen molar-refractivity contribution in [1.82, 2.24) is 10.3 Å². The Hall–Kier alpha value is -3.09. The average Bonchev–Trinajstić information content (AvgIpc) is 3.39. The molecule has 1 fully saturated rings. The van der Waals surface area contributed by atoms with Gasteiger partial charge in [-0.15, -0.1) is 0 Å². The van der Waals surface area contributed by atoms with Crippen molar-refractivity contribution in [3.05, 3.63) is 109 Å². The minimum atomic E-state index is -0.139. The lowest BCUT2D eigenvalue weighted by Gasteiger charge is -2.26. The van der Waals surface area contributed by atoms with Crippen LogP contribution >= 0.6 is 24.0 Å². The van der Waals surface area contributed by atoms with Crippen molar-refractivity contribution in [2.45, 2.75) is 22.1 Å². The number of hydrogen-bond donors (Lipinski definition) is 1. The van der Waals surface area contributed by atoms with Crippen LogP contribution in [0.1, 0.15) is 23.5 Å². The van der Waals surface area contributed by atoms with Crippen LogP contribution in [-0.4, -0.2) is 10.1 Å². The van der Waals surface area contributed by atoms with Gasteiger partial charge in [0.15, 0.2) is 10.2 Å². The topological polar surface area (TPSA) is 41.3 Å². The second-order valence-corrected chi connectivity index (χ2v) is 8.37. The zero-order chi connectivity index (χ0) is 20.3. The molecule has 2 aromatic heterocycles. The van der Waals surface area contributed by atoms with E-state index in [2.05, 4.69) is 39.5 Å². The number of thiocarbonyl (C=S) groups is 1. The van der Waals surface area contributed by atoms with Crippen LogP contribution in [0.5, 0.6) is 0 Å². The first-order chi connectivity index (χ1) is 14.8. The lowest BCUT2D eigenvalue weighted by molar-refractivity contribution is 0.383. The maximum Gasteiger partial charge on any atom is 0.174 e.